The number of fused-ring (bicyclic) bond motifs is 2. The van der Waals surface area contributed by atoms with Crippen LogP contribution < -0.4 is 15.4 Å². The van der Waals surface area contributed by atoms with Gasteiger partial charge in [0.2, 0.25) is 0 Å². The van der Waals surface area contributed by atoms with Crippen LogP contribution in [0.2, 0.25) is 5.02 Å². The summed E-state index contributed by atoms with van der Waals surface area (Å²) in [7, 11) is 0. The molecule has 7 rings (SSSR count). The molecule has 2 N–H and O–H groups in total. The summed E-state index contributed by atoms with van der Waals surface area (Å²) in [6.45, 7) is 2.73. The number of nitrogens with zero attached hydrogens (tertiary/aromatic N) is 4. The lowest BCUT2D eigenvalue weighted by molar-refractivity contribution is 0.0156. The Morgan fingerprint density at radius 1 is 1.09 bits per heavy atom. The van der Waals surface area contributed by atoms with Crippen molar-refractivity contribution >= 4 is 61.7 Å². The number of hydrogen-bond donors (Lipinski definition) is 2. The van der Waals surface area contributed by atoms with Crippen molar-refractivity contribution in [2.75, 3.05) is 38.2 Å². The summed E-state index contributed by atoms with van der Waals surface area (Å²) < 4.78 is 31.7. The quantitative estimate of drug-likeness (QED) is 0.219. The van der Waals surface area contributed by atoms with E-state index < -0.39 is 0 Å². The molecule has 2 aliphatic heterocycles. The van der Waals surface area contributed by atoms with Gasteiger partial charge in [-0.3, -0.25) is 10.3 Å². The van der Waals surface area contributed by atoms with Crippen molar-refractivity contribution in [3.63, 3.8) is 0 Å². The molecule has 45 heavy (non-hydrogen) atoms. The van der Waals surface area contributed by atoms with Crippen molar-refractivity contribution in [2.24, 2.45) is 0 Å². The number of rotatable bonds is 5. The minimum atomic E-state index is -0.379. The first-order chi connectivity index (χ1) is 22.0. The van der Waals surface area contributed by atoms with Crippen LogP contribution in [0.1, 0.15) is 11.3 Å². The average molecular weight is 645 g/mol. The molecule has 2 aliphatic rings. The van der Waals surface area contributed by atoms with Crippen molar-refractivity contribution < 1.29 is 23.4 Å². The topological polar surface area (TPSA) is 111 Å². The van der Waals surface area contributed by atoms with Gasteiger partial charge in [-0.25, -0.2) is 19.2 Å². The number of amides is 1. The molecule has 10 nitrogen and oxygen atoms in total. The number of aromatic nitrogens is 3. The third kappa shape index (κ3) is 6.62. The third-order valence-electron chi connectivity index (χ3n) is 7.39. The number of carbonyl (C=O) groups excluding carboxylic acids is 1. The predicted octanol–water partition coefficient (Wildman–Crippen LogP) is 6.12. The molecular formula is C32H26ClFN6O4S. The number of carbonyl (C=O) groups is 1. The number of pyridine rings is 1. The first-order valence-corrected chi connectivity index (χ1v) is 15.5. The summed E-state index contributed by atoms with van der Waals surface area (Å²) >= 11 is 8.07. The molecule has 0 saturated carbocycles. The Morgan fingerprint density at radius 2 is 1.98 bits per heavy atom. The lowest BCUT2D eigenvalue weighted by atomic mass is 10.2. The second-order valence-corrected chi connectivity index (χ2v) is 11.9. The number of nitrogens with one attached hydrogen (secondary N) is 2. The molecule has 5 heterocycles. The van der Waals surface area contributed by atoms with Gasteiger partial charge in [-0.15, -0.1) is 11.3 Å². The third-order valence-corrected chi connectivity index (χ3v) is 8.73. The molecule has 2 saturated heterocycles. The molecule has 13 heteroatoms. The van der Waals surface area contributed by atoms with Gasteiger partial charge >= 0.3 is 6.09 Å². The Kier molecular flexibility index (Phi) is 8.32. The number of anilines is 2. The van der Waals surface area contributed by atoms with Crippen LogP contribution in [0.4, 0.5) is 20.7 Å². The van der Waals surface area contributed by atoms with Crippen molar-refractivity contribution in [1.29, 1.82) is 0 Å². The molecule has 228 valence electrons. The number of benzene rings is 2. The summed E-state index contributed by atoms with van der Waals surface area (Å²) in [5.41, 5.74) is 2.08. The van der Waals surface area contributed by atoms with Crippen LogP contribution in [0.25, 0.3) is 21.1 Å². The SMILES string of the molecule is O=C(OC1CNC(C#Cc2cc3ncnc(Nc4ccc(Oc5ccnc6ccc(F)cc56)c(Cl)c4)c3s2)C1)N1CCOCC1. The zero-order chi connectivity index (χ0) is 30.8. The maximum absolute atomic E-state index is 13.9. The van der Waals surface area contributed by atoms with E-state index in [0.29, 0.717) is 78.2 Å². The van der Waals surface area contributed by atoms with Crippen LogP contribution in [-0.4, -0.2) is 70.9 Å². The summed E-state index contributed by atoms with van der Waals surface area (Å²) in [4.78, 5) is 28.0. The van der Waals surface area contributed by atoms with E-state index in [1.165, 1.54) is 29.8 Å². The Bertz CT molecular complexity index is 1960. The van der Waals surface area contributed by atoms with Crippen LogP contribution >= 0.6 is 22.9 Å². The second kappa shape index (κ2) is 12.8. The van der Waals surface area contributed by atoms with Gasteiger partial charge < -0.3 is 24.4 Å². The molecule has 2 fully saturated rings. The van der Waals surface area contributed by atoms with Gasteiger partial charge in [0.25, 0.3) is 0 Å². The standard InChI is InChI=1S/C32H26ClFN6O4S/c33-25-15-21(3-6-29(25)44-28-7-8-35-26-5-1-19(34)13-24(26)28)39-31-30-27(37-18-38-31)16-23(45-30)4-2-20-14-22(17-36-20)43-32(41)40-9-11-42-12-10-40/h1,3,5-8,13,15-16,18,20,22,36H,9-12,14,17H2,(H,37,38,39). The lowest BCUT2D eigenvalue weighted by Gasteiger charge is -2.27. The van der Waals surface area contributed by atoms with E-state index in [1.54, 1.807) is 35.4 Å². The van der Waals surface area contributed by atoms with Gasteiger partial charge in [-0.1, -0.05) is 23.4 Å². The van der Waals surface area contributed by atoms with E-state index >= 15 is 0 Å². The van der Waals surface area contributed by atoms with E-state index in [9.17, 15) is 9.18 Å². The van der Waals surface area contributed by atoms with Crippen LogP contribution in [0, 0.1) is 17.7 Å². The Balaban J connectivity index is 1.02. The summed E-state index contributed by atoms with van der Waals surface area (Å²) in [5.74, 6) is 7.60. The van der Waals surface area contributed by atoms with E-state index in [2.05, 4.69) is 37.4 Å². The van der Waals surface area contributed by atoms with Gasteiger partial charge in [0, 0.05) is 43.3 Å². The van der Waals surface area contributed by atoms with E-state index in [4.69, 9.17) is 25.8 Å². The molecule has 5 aromatic rings. The molecule has 1 amide bonds. The Labute approximate surface area is 266 Å². The number of hydrogen-bond acceptors (Lipinski definition) is 10. The highest BCUT2D eigenvalue weighted by Crippen LogP contribution is 2.36. The number of thiophene rings is 1. The normalized spacial score (nSPS) is 18.0. The van der Waals surface area contributed by atoms with Crippen molar-refractivity contribution in [2.45, 2.75) is 18.6 Å². The molecule has 3 aromatic heterocycles. The highest BCUT2D eigenvalue weighted by molar-refractivity contribution is 7.20. The van der Waals surface area contributed by atoms with Gasteiger partial charge in [0.05, 0.1) is 44.9 Å². The smallest absolute Gasteiger partial charge is 0.410 e. The molecule has 2 atom stereocenters. The number of ether oxygens (including phenoxy) is 3. The number of morpholine rings is 1. The Hall–Kier alpha value is -4.54. The number of halogens is 2. The maximum atomic E-state index is 13.9. The van der Waals surface area contributed by atoms with Gasteiger partial charge in [-0.05, 0) is 48.5 Å². The molecule has 0 aliphatic carbocycles. The molecular weight excluding hydrogens is 619 g/mol. The maximum Gasteiger partial charge on any atom is 0.410 e. The molecule has 2 aromatic carbocycles. The van der Waals surface area contributed by atoms with Crippen LogP contribution in [0.5, 0.6) is 11.5 Å². The largest absolute Gasteiger partial charge is 0.455 e. The molecule has 0 radical (unpaired) electrons. The van der Waals surface area contributed by atoms with E-state index in [1.807, 2.05) is 12.1 Å². The fourth-order valence-electron chi connectivity index (χ4n) is 5.13. The van der Waals surface area contributed by atoms with Crippen LogP contribution in [0.3, 0.4) is 0 Å². The monoisotopic (exact) mass is 644 g/mol. The molecule has 2 unspecified atom stereocenters. The van der Waals surface area contributed by atoms with Gasteiger partial charge in [0.15, 0.2) is 5.82 Å². The zero-order valence-corrected chi connectivity index (χ0v) is 25.3. The summed E-state index contributed by atoms with van der Waals surface area (Å²) in [6, 6.07) is 13.1. The Morgan fingerprint density at radius 3 is 2.84 bits per heavy atom. The average Bonchev–Trinajstić information content (AvgIpc) is 3.69. The van der Waals surface area contributed by atoms with Crippen molar-refractivity contribution in [3.8, 4) is 23.3 Å². The molecule has 0 spiro atoms. The predicted molar refractivity (Wildman–Crippen MR) is 170 cm³/mol. The van der Waals surface area contributed by atoms with Crippen molar-refractivity contribution in [3.05, 3.63) is 76.8 Å². The zero-order valence-electron chi connectivity index (χ0n) is 23.8. The minimum absolute atomic E-state index is 0.0894. The first kappa shape index (κ1) is 29.2. The molecule has 0 bridgehead atoms. The van der Waals surface area contributed by atoms with E-state index in [0.717, 1.165) is 15.1 Å². The first-order valence-electron chi connectivity index (χ1n) is 14.3. The second-order valence-electron chi connectivity index (χ2n) is 10.5. The fourth-order valence-corrected chi connectivity index (χ4v) is 6.26. The van der Waals surface area contributed by atoms with Crippen LogP contribution in [0.15, 0.2) is 61.1 Å². The van der Waals surface area contributed by atoms with Crippen molar-refractivity contribution in [1.82, 2.24) is 25.2 Å². The van der Waals surface area contributed by atoms with Gasteiger partial charge in [0.1, 0.15) is 29.7 Å². The highest BCUT2D eigenvalue weighted by atomic mass is 35.5. The fraction of sp³-hybridized carbons (Fsp3) is 0.250. The van der Waals surface area contributed by atoms with E-state index in [-0.39, 0.29) is 24.1 Å². The van der Waals surface area contributed by atoms with Gasteiger partial charge in [-0.2, -0.15) is 0 Å². The summed E-state index contributed by atoms with van der Waals surface area (Å²) in [6.07, 6.45) is 3.19. The van der Waals surface area contributed by atoms with Crippen LogP contribution in [-0.2, 0) is 9.47 Å². The lowest BCUT2D eigenvalue weighted by Crippen LogP contribution is -2.42. The highest BCUT2D eigenvalue weighted by Gasteiger charge is 2.28. The minimum Gasteiger partial charge on any atom is -0.455 e. The summed E-state index contributed by atoms with van der Waals surface area (Å²) in [5, 5.41) is 7.55.